The highest BCUT2D eigenvalue weighted by molar-refractivity contribution is 6.35. The average molecular weight is 372 g/mol. The van der Waals surface area contributed by atoms with E-state index in [4.69, 9.17) is 32.7 Å². The Kier molecular flexibility index (Phi) is 2.89. The molecule has 1 N–H and O–H groups in total. The maximum Gasteiger partial charge on any atom is 0.225 e. The van der Waals surface area contributed by atoms with Crippen LogP contribution in [0.4, 0.5) is 0 Å². The van der Waals surface area contributed by atoms with Crippen LogP contribution in [-0.4, -0.2) is 54.2 Å². The zero-order chi connectivity index (χ0) is 16.9. The van der Waals surface area contributed by atoms with Crippen molar-refractivity contribution in [2.45, 2.75) is 56.8 Å². The minimum Gasteiger partial charge on any atom is -0.392 e. The number of aromatic nitrogens is 5. The van der Waals surface area contributed by atoms with Gasteiger partial charge in [-0.15, -0.1) is 5.10 Å². The summed E-state index contributed by atoms with van der Waals surface area (Å²) in [6, 6.07) is -0.166. The number of rotatable bonds is 1. The summed E-state index contributed by atoms with van der Waals surface area (Å²) in [5.74, 6) is -0.704. The summed E-state index contributed by atoms with van der Waals surface area (Å²) in [5, 5.41) is 18.7. The molecule has 2 saturated carbocycles. The van der Waals surface area contributed by atoms with Crippen LogP contribution in [0.15, 0.2) is 0 Å². The fourth-order valence-corrected chi connectivity index (χ4v) is 4.59. The van der Waals surface area contributed by atoms with Crippen molar-refractivity contribution in [3.8, 4) is 0 Å². The number of nitrogens with zero attached hydrogens (tertiary/aromatic N) is 5. The molecule has 1 aliphatic heterocycles. The first-order chi connectivity index (χ1) is 11.3. The van der Waals surface area contributed by atoms with Gasteiger partial charge >= 0.3 is 0 Å². The number of fused-ring (bicyclic) bond motifs is 3. The zero-order valence-electron chi connectivity index (χ0n) is 13.0. The van der Waals surface area contributed by atoms with E-state index in [9.17, 15) is 5.11 Å². The molecule has 1 spiro atoms. The second-order valence-corrected chi connectivity index (χ2v) is 7.93. The molecule has 1 saturated heterocycles. The molecule has 2 aromatic heterocycles. The smallest absolute Gasteiger partial charge is 0.225 e. The van der Waals surface area contributed by atoms with Gasteiger partial charge < -0.3 is 14.6 Å². The molecule has 2 unspecified atom stereocenters. The Hall–Kier alpha value is -1.06. The third-order valence-corrected chi connectivity index (χ3v) is 5.74. The number of halogens is 2. The minimum absolute atomic E-state index is 0.0377. The highest BCUT2D eigenvalue weighted by Gasteiger charge is 2.72. The lowest BCUT2D eigenvalue weighted by atomic mass is 10.0. The summed E-state index contributed by atoms with van der Waals surface area (Å²) in [6.45, 7) is 3.75. The molecule has 128 valence electrons. The van der Waals surface area contributed by atoms with Crippen molar-refractivity contribution in [2.24, 2.45) is 5.41 Å². The molecule has 5 rings (SSSR count). The van der Waals surface area contributed by atoms with E-state index in [1.807, 2.05) is 13.8 Å². The van der Waals surface area contributed by atoms with Crippen molar-refractivity contribution < 1.29 is 14.6 Å². The Balaban J connectivity index is 1.62. The fraction of sp³-hybridized carbons (Fsp3) is 0.714. The maximum absolute atomic E-state index is 10.2. The van der Waals surface area contributed by atoms with Crippen molar-refractivity contribution >= 4 is 34.4 Å². The molecule has 10 heteroatoms. The van der Waals surface area contributed by atoms with Crippen LogP contribution in [0.3, 0.4) is 0 Å². The Morgan fingerprint density at radius 3 is 2.67 bits per heavy atom. The highest BCUT2D eigenvalue weighted by Crippen LogP contribution is 2.65. The van der Waals surface area contributed by atoms with Gasteiger partial charge in [-0.2, -0.15) is 4.98 Å². The van der Waals surface area contributed by atoms with Gasteiger partial charge in [-0.05, 0) is 38.3 Å². The summed E-state index contributed by atoms with van der Waals surface area (Å²) in [4.78, 5) is 8.12. The van der Waals surface area contributed by atoms with Gasteiger partial charge in [0, 0.05) is 5.41 Å². The van der Waals surface area contributed by atoms with Gasteiger partial charge in [0.05, 0.1) is 18.2 Å². The summed E-state index contributed by atoms with van der Waals surface area (Å²) in [5.41, 5.74) is 0.569. The molecule has 24 heavy (non-hydrogen) atoms. The first kappa shape index (κ1) is 15.2. The van der Waals surface area contributed by atoms with Gasteiger partial charge in [0.2, 0.25) is 5.28 Å². The molecule has 0 bridgehead atoms. The third-order valence-electron chi connectivity index (χ3n) is 5.31. The van der Waals surface area contributed by atoms with E-state index in [1.54, 1.807) is 4.68 Å². The lowest BCUT2D eigenvalue weighted by Crippen LogP contribution is -2.29. The van der Waals surface area contributed by atoms with Gasteiger partial charge in [0.1, 0.15) is 6.10 Å². The summed E-state index contributed by atoms with van der Waals surface area (Å²) in [6.07, 6.45) is 0.572. The fourth-order valence-electron chi connectivity index (χ4n) is 4.18. The van der Waals surface area contributed by atoms with Crippen LogP contribution in [0.5, 0.6) is 0 Å². The van der Waals surface area contributed by atoms with E-state index < -0.39 is 5.79 Å². The minimum atomic E-state index is -0.704. The number of ether oxygens (including phenoxy) is 2. The second-order valence-electron chi connectivity index (χ2n) is 7.23. The monoisotopic (exact) mass is 371 g/mol. The topological polar surface area (TPSA) is 95.2 Å². The lowest BCUT2D eigenvalue weighted by molar-refractivity contribution is -0.164. The number of aliphatic hydroxyl groups excluding tert-OH is 1. The molecule has 2 aromatic rings. The van der Waals surface area contributed by atoms with Crippen LogP contribution in [-0.2, 0) is 9.47 Å². The molecule has 5 atom stereocenters. The van der Waals surface area contributed by atoms with Gasteiger partial charge in [-0.3, -0.25) is 0 Å². The normalized spacial score (nSPS) is 39.7. The molecular weight excluding hydrogens is 357 g/mol. The predicted octanol–water partition coefficient (Wildman–Crippen LogP) is 1.74. The largest absolute Gasteiger partial charge is 0.392 e. The van der Waals surface area contributed by atoms with E-state index in [2.05, 4.69) is 20.3 Å². The highest BCUT2D eigenvalue weighted by atomic mass is 35.5. The molecule has 8 nitrogen and oxygen atoms in total. The van der Waals surface area contributed by atoms with E-state index in [0.29, 0.717) is 24.0 Å². The van der Waals surface area contributed by atoms with Gasteiger partial charge in [0.25, 0.3) is 0 Å². The zero-order valence-corrected chi connectivity index (χ0v) is 14.5. The first-order valence-electron chi connectivity index (χ1n) is 7.78. The van der Waals surface area contributed by atoms with Crippen LogP contribution >= 0.6 is 23.2 Å². The Labute approximate surface area is 147 Å². The van der Waals surface area contributed by atoms with Crippen LogP contribution in [0.2, 0.25) is 10.4 Å². The molecule has 0 aromatic carbocycles. The van der Waals surface area contributed by atoms with Gasteiger partial charge in [-0.25, -0.2) is 9.67 Å². The quantitative estimate of drug-likeness (QED) is 0.602. The van der Waals surface area contributed by atoms with E-state index in [1.165, 1.54) is 0 Å². The van der Waals surface area contributed by atoms with E-state index in [-0.39, 0.29) is 40.2 Å². The number of hydrogen-bond acceptors (Lipinski definition) is 7. The number of hydrogen-bond donors (Lipinski definition) is 1. The first-order valence-corrected chi connectivity index (χ1v) is 8.54. The van der Waals surface area contributed by atoms with Crippen molar-refractivity contribution in [1.29, 1.82) is 0 Å². The van der Waals surface area contributed by atoms with Crippen LogP contribution in [0.25, 0.3) is 11.2 Å². The number of aliphatic hydroxyl groups is 1. The molecule has 0 radical (unpaired) electrons. The molecular formula is C14H15Cl2N5O3. The lowest BCUT2D eigenvalue weighted by Gasteiger charge is -2.23. The van der Waals surface area contributed by atoms with Crippen molar-refractivity contribution in [2.75, 3.05) is 0 Å². The maximum atomic E-state index is 10.2. The second kappa shape index (κ2) is 4.56. The van der Waals surface area contributed by atoms with E-state index in [0.717, 1.165) is 0 Å². The molecule has 3 fully saturated rings. The summed E-state index contributed by atoms with van der Waals surface area (Å²) < 4.78 is 13.9. The van der Waals surface area contributed by atoms with Crippen LogP contribution in [0.1, 0.15) is 32.7 Å². The van der Waals surface area contributed by atoms with Crippen LogP contribution < -0.4 is 0 Å². The van der Waals surface area contributed by atoms with Crippen molar-refractivity contribution in [1.82, 2.24) is 25.0 Å². The van der Waals surface area contributed by atoms with Gasteiger partial charge in [-0.1, -0.05) is 16.8 Å². The Bertz CT molecular complexity index is 858. The SMILES string of the molecule is CC1(C)O[C@H]2[C@H](n3nnc4c(Cl)nc(Cl)nc43)CC3(CC3O)[C@H]2O1. The van der Waals surface area contributed by atoms with Gasteiger partial charge in [0.15, 0.2) is 22.1 Å². The summed E-state index contributed by atoms with van der Waals surface area (Å²) >= 11 is 12.0. The molecule has 3 heterocycles. The Morgan fingerprint density at radius 1 is 1.21 bits per heavy atom. The van der Waals surface area contributed by atoms with Crippen molar-refractivity contribution in [3.63, 3.8) is 0 Å². The van der Waals surface area contributed by atoms with Crippen LogP contribution in [0, 0.1) is 5.41 Å². The van der Waals surface area contributed by atoms with Crippen molar-refractivity contribution in [3.05, 3.63) is 10.4 Å². The predicted molar refractivity (Wildman–Crippen MR) is 83.7 cm³/mol. The standard InChI is InChI=1S/C14H15Cl2N5O3/c1-13(2)23-8-5(3-14(4-6(14)22)9(8)24-13)21-11-7(19-20-21)10(15)17-12(16)18-11/h5-6,8-9,22H,3-4H2,1-2H3/t5-,6?,8+,9+,14?/m1/s1. The molecule has 3 aliphatic rings. The van der Waals surface area contributed by atoms with E-state index >= 15 is 0 Å². The molecule has 0 amide bonds. The average Bonchev–Trinajstić information content (AvgIpc) is 2.80. The Morgan fingerprint density at radius 2 is 1.96 bits per heavy atom. The summed E-state index contributed by atoms with van der Waals surface area (Å²) in [7, 11) is 0. The third kappa shape index (κ3) is 1.91. The molecule has 2 aliphatic carbocycles.